The highest BCUT2D eigenvalue weighted by atomic mass is 16.6. The van der Waals surface area contributed by atoms with E-state index in [0.29, 0.717) is 28.1 Å². The van der Waals surface area contributed by atoms with E-state index in [2.05, 4.69) is 10.6 Å². The van der Waals surface area contributed by atoms with Gasteiger partial charge in [-0.2, -0.15) is 0 Å². The fraction of sp³-hybridized carbons (Fsp3) is 0.0312. The van der Waals surface area contributed by atoms with Crippen LogP contribution in [0, 0.1) is 10.1 Å². The van der Waals surface area contributed by atoms with Crippen molar-refractivity contribution in [3.05, 3.63) is 147 Å². The maximum absolute atomic E-state index is 13.2. The first-order valence-corrected chi connectivity index (χ1v) is 12.4. The minimum absolute atomic E-state index is 0.0763. The van der Waals surface area contributed by atoms with Gasteiger partial charge < -0.3 is 15.4 Å². The highest BCUT2D eigenvalue weighted by molar-refractivity contribution is 6.11. The lowest BCUT2D eigenvalue weighted by molar-refractivity contribution is -0.384. The maximum Gasteiger partial charge on any atom is 0.272 e. The van der Waals surface area contributed by atoms with E-state index in [4.69, 9.17) is 4.74 Å². The minimum Gasteiger partial charge on any atom is -0.496 e. The Morgan fingerprint density at radius 2 is 1.46 bits per heavy atom. The molecule has 4 aromatic carbocycles. The number of non-ortho nitro benzene ring substituents is 1. The maximum atomic E-state index is 13.2. The van der Waals surface area contributed by atoms with Crippen LogP contribution in [0.5, 0.6) is 5.75 Å². The number of methoxy groups -OCH3 is 1. The van der Waals surface area contributed by atoms with Gasteiger partial charge in [0.05, 0.1) is 12.0 Å². The smallest absolute Gasteiger partial charge is 0.272 e. The van der Waals surface area contributed by atoms with Crippen LogP contribution in [0.2, 0.25) is 0 Å². The van der Waals surface area contributed by atoms with Gasteiger partial charge in [-0.3, -0.25) is 24.5 Å². The van der Waals surface area contributed by atoms with E-state index in [1.165, 1.54) is 36.4 Å². The number of carbonyl (C=O) groups excluding carboxylic acids is 3. The quantitative estimate of drug-likeness (QED) is 0.110. The summed E-state index contributed by atoms with van der Waals surface area (Å²) in [5.41, 5.74) is 2.20. The van der Waals surface area contributed by atoms with Crippen molar-refractivity contribution >= 4 is 41.1 Å². The van der Waals surface area contributed by atoms with E-state index in [-0.39, 0.29) is 17.2 Å². The van der Waals surface area contributed by atoms with Gasteiger partial charge in [0.1, 0.15) is 11.4 Å². The Hall–Kier alpha value is -5.83. The van der Waals surface area contributed by atoms with E-state index in [1.54, 1.807) is 73.8 Å². The van der Waals surface area contributed by atoms with E-state index in [0.717, 1.165) is 5.56 Å². The number of nitro groups is 1. The fourth-order valence-electron chi connectivity index (χ4n) is 3.78. The first-order chi connectivity index (χ1) is 19.8. The molecule has 0 aliphatic heterocycles. The van der Waals surface area contributed by atoms with Crippen molar-refractivity contribution in [3.63, 3.8) is 0 Å². The van der Waals surface area contributed by atoms with E-state index in [1.807, 2.05) is 18.2 Å². The molecule has 0 aromatic heterocycles. The number of allylic oxidation sites excluding steroid dienone is 1. The van der Waals surface area contributed by atoms with Gasteiger partial charge in [0.2, 0.25) is 0 Å². The molecule has 0 atom stereocenters. The molecule has 2 N–H and O–H groups in total. The first-order valence-electron chi connectivity index (χ1n) is 12.4. The van der Waals surface area contributed by atoms with Gasteiger partial charge in [-0.15, -0.1) is 0 Å². The van der Waals surface area contributed by atoms with Gasteiger partial charge in [0.25, 0.3) is 17.5 Å². The number of ketones is 1. The lowest BCUT2D eigenvalue weighted by Crippen LogP contribution is -2.30. The second kappa shape index (κ2) is 13.3. The summed E-state index contributed by atoms with van der Waals surface area (Å²) in [6, 6.07) is 27.5. The molecule has 4 rings (SSSR count). The van der Waals surface area contributed by atoms with Gasteiger partial charge in [0, 0.05) is 34.5 Å². The van der Waals surface area contributed by atoms with Crippen LogP contribution in [0.4, 0.5) is 11.4 Å². The number of nitrogens with one attached hydrogen (secondary N) is 2. The Morgan fingerprint density at radius 1 is 0.805 bits per heavy atom. The van der Waals surface area contributed by atoms with Crippen LogP contribution in [0.25, 0.3) is 12.2 Å². The van der Waals surface area contributed by atoms with Crippen LogP contribution in [-0.4, -0.2) is 29.6 Å². The molecule has 9 nitrogen and oxygen atoms in total. The summed E-state index contributed by atoms with van der Waals surface area (Å²) in [4.78, 5) is 49.1. The highest BCUT2D eigenvalue weighted by Crippen LogP contribution is 2.20. The number of nitro benzene ring substituents is 1. The average Bonchev–Trinajstić information content (AvgIpc) is 3.00. The molecule has 204 valence electrons. The zero-order chi connectivity index (χ0) is 29.2. The Labute approximate surface area is 235 Å². The molecule has 0 spiro atoms. The number of anilines is 1. The summed E-state index contributed by atoms with van der Waals surface area (Å²) in [6.07, 6.45) is 4.53. The Balaban J connectivity index is 1.51. The van der Waals surface area contributed by atoms with Gasteiger partial charge in [-0.25, -0.2) is 0 Å². The van der Waals surface area contributed by atoms with Crippen molar-refractivity contribution in [2.24, 2.45) is 0 Å². The second-order valence-corrected chi connectivity index (χ2v) is 8.70. The third kappa shape index (κ3) is 7.61. The average molecular weight is 548 g/mol. The van der Waals surface area contributed by atoms with Crippen molar-refractivity contribution in [1.29, 1.82) is 0 Å². The molecule has 0 heterocycles. The van der Waals surface area contributed by atoms with Crippen molar-refractivity contribution in [3.8, 4) is 5.75 Å². The molecule has 0 saturated heterocycles. The third-order valence-corrected chi connectivity index (χ3v) is 5.92. The van der Waals surface area contributed by atoms with Crippen LogP contribution in [0.3, 0.4) is 0 Å². The predicted molar refractivity (Wildman–Crippen MR) is 156 cm³/mol. The minimum atomic E-state index is -0.622. The molecule has 2 amide bonds. The summed E-state index contributed by atoms with van der Waals surface area (Å²) in [7, 11) is 1.56. The summed E-state index contributed by atoms with van der Waals surface area (Å²) >= 11 is 0. The van der Waals surface area contributed by atoms with Crippen molar-refractivity contribution < 1.29 is 24.0 Å². The zero-order valence-electron chi connectivity index (χ0n) is 21.9. The normalized spacial score (nSPS) is 11.1. The van der Waals surface area contributed by atoms with Gasteiger partial charge >= 0.3 is 0 Å². The number of ether oxygens (including phenoxy) is 1. The van der Waals surface area contributed by atoms with Crippen LogP contribution < -0.4 is 15.4 Å². The van der Waals surface area contributed by atoms with Crippen LogP contribution in [0.15, 0.2) is 115 Å². The topological polar surface area (TPSA) is 128 Å². The van der Waals surface area contributed by atoms with E-state index < -0.39 is 16.7 Å². The lowest BCUT2D eigenvalue weighted by Gasteiger charge is -2.12. The molecule has 0 saturated carbocycles. The van der Waals surface area contributed by atoms with Crippen molar-refractivity contribution in [2.45, 2.75) is 0 Å². The predicted octanol–water partition coefficient (Wildman–Crippen LogP) is 5.91. The summed E-state index contributed by atoms with van der Waals surface area (Å²) in [6.45, 7) is 0. The fourth-order valence-corrected chi connectivity index (χ4v) is 3.78. The molecule has 0 bridgehead atoms. The highest BCUT2D eigenvalue weighted by Gasteiger charge is 2.16. The molecule has 0 radical (unpaired) electrons. The molecule has 0 fully saturated rings. The number of nitrogens with zero attached hydrogens (tertiary/aromatic N) is 1. The monoisotopic (exact) mass is 547 g/mol. The Morgan fingerprint density at radius 3 is 2.12 bits per heavy atom. The van der Waals surface area contributed by atoms with E-state index in [9.17, 15) is 24.5 Å². The molecule has 41 heavy (non-hydrogen) atoms. The molecular weight excluding hydrogens is 522 g/mol. The van der Waals surface area contributed by atoms with Gasteiger partial charge in [-0.05, 0) is 78.4 Å². The summed E-state index contributed by atoms with van der Waals surface area (Å²) in [5.74, 6) is -0.714. The Kier molecular flexibility index (Phi) is 9.14. The number of benzene rings is 4. The zero-order valence-corrected chi connectivity index (χ0v) is 21.9. The molecule has 0 unspecified atom stereocenters. The lowest BCUT2D eigenvalue weighted by atomic mass is 10.1. The van der Waals surface area contributed by atoms with Gasteiger partial charge in [0.15, 0.2) is 5.78 Å². The standard InChI is InChI=1S/C32H25N3O6/c1-41-30-10-6-5-7-24(30)15-20-29(36)23-13-16-26(17-14-23)33-32(38)28(34-31(37)25-8-3-2-4-9-25)21-22-11-18-27(19-12-22)35(39)40/h2-21H,1H3,(H,33,38)(H,34,37)/b20-15+,28-21-. The Bertz CT molecular complexity index is 1630. The van der Waals surface area contributed by atoms with Crippen molar-refractivity contribution in [2.75, 3.05) is 12.4 Å². The van der Waals surface area contributed by atoms with Crippen LogP contribution in [-0.2, 0) is 4.79 Å². The molecular formula is C32H25N3O6. The summed E-state index contributed by atoms with van der Waals surface area (Å²) < 4.78 is 5.30. The molecule has 9 heteroatoms. The summed E-state index contributed by atoms with van der Waals surface area (Å²) in [5, 5.41) is 16.3. The molecule has 0 aliphatic rings. The van der Waals surface area contributed by atoms with Gasteiger partial charge in [-0.1, -0.05) is 36.4 Å². The largest absolute Gasteiger partial charge is 0.496 e. The second-order valence-electron chi connectivity index (χ2n) is 8.70. The molecule has 0 aliphatic carbocycles. The third-order valence-electron chi connectivity index (χ3n) is 5.92. The van der Waals surface area contributed by atoms with E-state index >= 15 is 0 Å². The van der Waals surface area contributed by atoms with Crippen LogP contribution in [0.1, 0.15) is 31.8 Å². The van der Waals surface area contributed by atoms with Crippen molar-refractivity contribution in [1.82, 2.24) is 5.32 Å². The SMILES string of the molecule is COc1ccccc1/C=C/C(=O)c1ccc(NC(=O)/C(=C/c2ccc([N+](=O)[O-])cc2)NC(=O)c2ccccc2)cc1. The first kappa shape index (κ1) is 28.2. The number of amides is 2. The number of carbonyl (C=O) groups is 3. The number of hydrogen-bond acceptors (Lipinski definition) is 6. The molecule has 4 aromatic rings. The van der Waals surface area contributed by atoms with Crippen LogP contribution >= 0.6 is 0 Å². The number of rotatable bonds is 10. The number of hydrogen-bond donors (Lipinski definition) is 2. The number of para-hydroxylation sites is 1.